The summed E-state index contributed by atoms with van der Waals surface area (Å²) in [5.41, 5.74) is 0.648. The maximum Gasteiger partial charge on any atom is 0.341 e. The summed E-state index contributed by atoms with van der Waals surface area (Å²) in [6.07, 6.45) is 0. The van der Waals surface area contributed by atoms with E-state index in [1.807, 2.05) is 4.90 Å². The molecule has 11 heteroatoms. The predicted molar refractivity (Wildman–Crippen MR) is 113 cm³/mol. The van der Waals surface area contributed by atoms with Crippen LogP contribution in [0.4, 0.5) is 17.1 Å². The van der Waals surface area contributed by atoms with Crippen molar-refractivity contribution in [2.75, 3.05) is 50.2 Å². The number of nitro groups is 1. The van der Waals surface area contributed by atoms with Crippen LogP contribution in [0.15, 0.2) is 36.4 Å². The van der Waals surface area contributed by atoms with E-state index in [1.165, 1.54) is 25.3 Å². The van der Waals surface area contributed by atoms with Crippen molar-refractivity contribution in [2.24, 2.45) is 0 Å². The Balaban J connectivity index is 1.70. The van der Waals surface area contributed by atoms with Gasteiger partial charge in [0, 0.05) is 30.9 Å². The van der Waals surface area contributed by atoms with E-state index in [0.717, 1.165) is 6.07 Å². The van der Waals surface area contributed by atoms with Crippen molar-refractivity contribution in [3.8, 4) is 5.75 Å². The van der Waals surface area contributed by atoms with E-state index < -0.39 is 23.4 Å². The third-order valence-corrected chi connectivity index (χ3v) is 4.83. The minimum absolute atomic E-state index is 0.0105. The third-order valence-electron chi connectivity index (χ3n) is 4.53. The Labute approximate surface area is 182 Å². The van der Waals surface area contributed by atoms with Gasteiger partial charge in [0.25, 0.3) is 11.6 Å². The first-order chi connectivity index (χ1) is 14.9. The largest absolute Gasteiger partial charge is 0.495 e. The molecule has 3 rings (SSSR count). The molecule has 2 aromatic rings. The van der Waals surface area contributed by atoms with Gasteiger partial charge in [0.05, 0.1) is 41.5 Å². The van der Waals surface area contributed by atoms with E-state index in [9.17, 15) is 19.7 Å². The standard InChI is InChI=1S/C20H20ClN3O7/c1-29-18-5-2-13(10-16(18)21)22-19(25)12-31-20(26)15-11-14(24(27)28)3-4-17(15)23-6-8-30-9-7-23/h2-5,10-11H,6-9,12H2,1H3,(H,22,25). The van der Waals surface area contributed by atoms with Crippen molar-refractivity contribution >= 4 is 40.5 Å². The second-order valence-electron chi connectivity index (χ2n) is 6.53. The van der Waals surface area contributed by atoms with Gasteiger partial charge in [-0.2, -0.15) is 0 Å². The molecule has 0 unspecified atom stereocenters. The first-order valence-corrected chi connectivity index (χ1v) is 9.68. The lowest BCUT2D eigenvalue weighted by molar-refractivity contribution is -0.384. The molecule has 1 saturated heterocycles. The lowest BCUT2D eigenvalue weighted by atomic mass is 10.1. The minimum atomic E-state index is -0.840. The molecule has 0 spiro atoms. The highest BCUT2D eigenvalue weighted by molar-refractivity contribution is 6.32. The van der Waals surface area contributed by atoms with Gasteiger partial charge in [0.2, 0.25) is 0 Å². The highest BCUT2D eigenvalue weighted by Gasteiger charge is 2.23. The van der Waals surface area contributed by atoms with Gasteiger partial charge in [-0.1, -0.05) is 11.6 Å². The fourth-order valence-corrected chi connectivity index (χ4v) is 3.29. The molecule has 0 atom stereocenters. The summed E-state index contributed by atoms with van der Waals surface area (Å²) in [7, 11) is 1.47. The Hall–Kier alpha value is -3.37. The van der Waals surface area contributed by atoms with Gasteiger partial charge in [-0.05, 0) is 24.3 Å². The molecule has 2 aromatic carbocycles. The fraction of sp³-hybridized carbons (Fsp3) is 0.300. The van der Waals surface area contributed by atoms with Gasteiger partial charge in [-0.3, -0.25) is 14.9 Å². The Kier molecular flexibility index (Phi) is 7.27. The number of benzene rings is 2. The number of ether oxygens (including phenoxy) is 3. The number of halogens is 1. The van der Waals surface area contributed by atoms with E-state index in [-0.39, 0.29) is 11.3 Å². The molecule has 0 bridgehead atoms. The van der Waals surface area contributed by atoms with Gasteiger partial charge >= 0.3 is 5.97 Å². The van der Waals surface area contributed by atoms with Crippen LogP contribution in [0.2, 0.25) is 5.02 Å². The zero-order valence-corrected chi connectivity index (χ0v) is 17.4. The minimum Gasteiger partial charge on any atom is -0.495 e. The summed E-state index contributed by atoms with van der Waals surface area (Å²) in [4.78, 5) is 37.3. The van der Waals surface area contributed by atoms with Gasteiger partial charge in [0.15, 0.2) is 6.61 Å². The molecular formula is C20H20ClN3O7. The van der Waals surface area contributed by atoms with E-state index in [0.29, 0.717) is 48.5 Å². The van der Waals surface area contributed by atoms with Crippen LogP contribution in [0.3, 0.4) is 0 Å². The molecule has 10 nitrogen and oxygen atoms in total. The van der Waals surface area contributed by atoms with Crippen LogP contribution in [-0.4, -0.2) is 56.8 Å². The number of amides is 1. The number of nitrogens with one attached hydrogen (secondary N) is 1. The summed E-state index contributed by atoms with van der Waals surface area (Å²) >= 11 is 6.02. The smallest absolute Gasteiger partial charge is 0.341 e. The number of hydrogen-bond acceptors (Lipinski definition) is 8. The van der Waals surface area contributed by atoms with Crippen molar-refractivity contribution < 1.29 is 28.7 Å². The van der Waals surface area contributed by atoms with Gasteiger partial charge in [-0.15, -0.1) is 0 Å². The second kappa shape index (κ2) is 10.1. The number of nitro benzene ring substituents is 1. The first kappa shape index (κ1) is 22.3. The maximum atomic E-state index is 12.7. The van der Waals surface area contributed by atoms with Crippen molar-refractivity contribution in [2.45, 2.75) is 0 Å². The molecular weight excluding hydrogens is 430 g/mol. The number of non-ortho nitro benzene ring substituents is 1. The zero-order valence-electron chi connectivity index (χ0n) is 16.6. The van der Waals surface area contributed by atoms with E-state index in [4.69, 9.17) is 25.8 Å². The van der Waals surface area contributed by atoms with Crippen LogP contribution in [-0.2, 0) is 14.3 Å². The lowest BCUT2D eigenvalue weighted by Crippen LogP contribution is -2.37. The number of methoxy groups -OCH3 is 1. The Morgan fingerprint density at radius 1 is 1.23 bits per heavy atom. The third kappa shape index (κ3) is 5.62. The normalized spacial score (nSPS) is 13.4. The number of carbonyl (C=O) groups excluding carboxylic acids is 2. The second-order valence-corrected chi connectivity index (χ2v) is 6.94. The van der Waals surface area contributed by atoms with Gasteiger partial charge in [0.1, 0.15) is 5.75 Å². The monoisotopic (exact) mass is 449 g/mol. The molecule has 0 aromatic heterocycles. The summed E-state index contributed by atoms with van der Waals surface area (Å²) in [5, 5.41) is 14.0. The van der Waals surface area contributed by atoms with Gasteiger partial charge in [-0.25, -0.2) is 4.79 Å². The fourth-order valence-electron chi connectivity index (χ4n) is 3.03. The predicted octanol–water partition coefficient (Wildman–Crippen LogP) is 2.89. The molecule has 164 valence electrons. The number of rotatable bonds is 7. The molecule has 1 N–H and O–H groups in total. The quantitative estimate of drug-likeness (QED) is 0.389. The van der Waals surface area contributed by atoms with E-state index in [2.05, 4.69) is 5.32 Å². The van der Waals surface area contributed by atoms with E-state index >= 15 is 0 Å². The van der Waals surface area contributed by atoms with Gasteiger partial charge < -0.3 is 24.4 Å². The Bertz CT molecular complexity index is 993. The molecule has 0 aliphatic carbocycles. The summed E-state index contributed by atoms with van der Waals surface area (Å²) in [6.45, 7) is 1.41. The van der Waals surface area contributed by atoms with Crippen molar-refractivity contribution in [1.82, 2.24) is 0 Å². The lowest BCUT2D eigenvalue weighted by Gasteiger charge is -2.30. The Morgan fingerprint density at radius 3 is 2.61 bits per heavy atom. The first-order valence-electron chi connectivity index (χ1n) is 9.30. The number of morpholine rings is 1. The molecule has 1 fully saturated rings. The Morgan fingerprint density at radius 2 is 1.97 bits per heavy atom. The van der Waals surface area contributed by atoms with Crippen LogP contribution < -0.4 is 15.0 Å². The molecule has 1 amide bonds. The highest BCUT2D eigenvalue weighted by Crippen LogP contribution is 2.28. The van der Waals surface area contributed by atoms with Crippen molar-refractivity contribution in [3.63, 3.8) is 0 Å². The topological polar surface area (TPSA) is 120 Å². The van der Waals surface area contributed by atoms with E-state index in [1.54, 1.807) is 12.1 Å². The van der Waals surface area contributed by atoms with Crippen molar-refractivity contribution in [3.05, 3.63) is 57.1 Å². The molecule has 1 heterocycles. The maximum absolute atomic E-state index is 12.7. The van der Waals surface area contributed by atoms with Crippen LogP contribution in [0.25, 0.3) is 0 Å². The van der Waals surface area contributed by atoms with Crippen molar-refractivity contribution in [1.29, 1.82) is 0 Å². The highest BCUT2D eigenvalue weighted by atomic mass is 35.5. The number of carbonyl (C=O) groups is 2. The number of esters is 1. The van der Waals surface area contributed by atoms with Crippen LogP contribution in [0.1, 0.15) is 10.4 Å². The molecule has 0 radical (unpaired) electrons. The number of hydrogen-bond donors (Lipinski definition) is 1. The summed E-state index contributed by atoms with van der Waals surface area (Å²) in [5.74, 6) is -0.978. The average Bonchev–Trinajstić information content (AvgIpc) is 2.77. The summed E-state index contributed by atoms with van der Waals surface area (Å²) in [6, 6.07) is 8.63. The number of nitrogens with zero attached hydrogens (tertiary/aromatic N) is 2. The molecule has 0 saturated carbocycles. The summed E-state index contributed by atoms with van der Waals surface area (Å²) < 4.78 is 15.5. The average molecular weight is 450 g/mol. The molecule has 1 aliphatic heterocycles. The molecule has 31 heavy (non-hydrogen) atoms. The van der Waals surface area contributed by atoms with Crippen LogP contribution in [0.5, 0.6) is 5.75 Å². The number of anilines is 2. The zero-order chi connectivity index (χ0) is 22.4. The van der Waals surface area contributed by atoms with Crippen LogP contribution >= 0.6 is 11.6 Å². The molecule has 1 aliphatic rings. The SMILES string of the molecule is COc1ccc(NC(=O)COC(=O)c2cc([N+](=O)[O-])ccc2N2CCOCC2)cc1Cl. The van der Waals surface area contributed by atoms with Crippen LogP contribution in [0, 0.1) is 10.1 Å².